The first kappa shape index (κ1) is 9.75. The van der Waals surface area contributed by atoms with E-state index < -0.39 is 0 Å². The molecule has 1 nitrogen and oxygen atoms in total. The molecule has 0 saturated heterocycles. The number of hydrogen-bond acceptors (Lipinski definition) is 2. The standard InChI is InChI=1S/C10H9FNPS/c1-6-5-14-10(12-6)7-2-3-8(11)9(13)4-7/h2-5H,13H2,1H3. The van der Waals surface area contributed by atoms with E-state index in [9.17, 15) is 4.39 Å². The number of aryl methyl sites for hydroxylation is 1. The highest BCUT2D eigenvalue weighted by atomic mass is 32.1. The van der Waals surface area contributed by atoms with Gasteiger partial charge >= 0.3 is 0 Å². The minimum absolute atomic E-state index is 0.202. The van der Waals surface area contributed by atoms with Crippen LogP contribution in [0.15, 0.2) is 23.6 Å². The summed E-state index contributed by atoms with van der Waals surface area (Å²) in [5.41, 5.74) is 1.97. The second kappa shape index (κ2) is 3.76. The van der Waals surface area contributed by atoms with Crippen LogP contribution in [0.25, 0.3) is 10.6 Å². The average molecular weight is 225 g/mol. The minimum atomic E-state index is -0.202. The van der Waals surface area contributed by atoms with E-state index in [0.717, 1.165) is 16.3 Å². The Kier molecular flexibility index (Phi) is 2.62. The number of rotatable bonds is 1. The van der Waals surface area contributed by atoms with Crippen molar-refractivity contribution < 1.29 is 4.39 Å². The molecule has 2 aromatic rings. The summed E-state index contributed by atoms with van der Waals surface area (Å²) in [6, 6.07) is 5.01. The fraction of sp³-hybridized carbons (Fsp3) is 0.100. The monoisotopic (exact) mass is 225 g/mol. The van der Waals surface area contributed by atoms with Gasteiger partial charge in [-0.2, -0.15) is 0 Å². The molecule has 0 aliphatic carbocycles. The molecule has 1 heterocycles. The highest BCUT2D eigenvalue weighted by Crippen LogP contribution is 2.23. The lowest BCUT2D eigenvalue weighted by Crippen LogP contribution is -1.97. The Morgan fingerprint density at radius 2 is 2.21 bits per heavy atom. The normalized spacial score (nSPS) is 10.5. The third kappa shape index (κ3) is 1.84. The van der Waals surface area contributed by atoms with E-state index in [1.54, 1.807) is 23.5 Å². The summed E-state index contributed by atoms with van der Waals surface area (Å²) >= 11 is 1.57. The maximum Gasteiger partial charge on any atom is 0.130 e. The lowest BCUT2D eigenvalue weighted by Gasteiger charge is -1.99. The van der Waals surface area contributed by atoms with E-state index in [-0.39, 0.29) is 5.82 Å². The number of aromatic nitrogens is 1. The molecule has 0 saturated carbocycles. The Bertz CT molecular complexity index is 467. The van der Waals surface area contributed by atoms with Gasteiger partial charge in [0.15, 0.2) is 0 Å². The molecule has 1 aromatic heterocycles. The van der Waals surface area contributed by atoms with Crippen LogP contribution in [0, 0.1) is 12.7 Å². The van der Waals surface area contributed by atoms with E-state index in [2.05, 4.69) is 14.2 Å². The van der Waals surface area contributed by atoms with Gasteiger partial charge in [-0.25, -0.2) is 9.37 Å². The first-order valence-corrected chi connectivity index (χ1v) is 5.60. The topological polar surface area (TPSA) is 12.9 Å². The Hall–Kier alpha value is -0.790. The van der Waals surface area contributed by atoms with Crippen LogP contribution in [-0.2, 0) is 0 Å². The van der Waals surface area contributed by atoms with Crippen LogP contribution >= 0.6 is 20.6 Å². The van der Waals surface area contributed by atoms with E-state index >= 15 is 0 Å². The zero-order valence-electron chi connectivity index (χ0n) is 7.62. The number of halogens is 1. The Morgan fingerprint density at radius 1 is 1.43 bits per heavy atom. The number of nitrogens with zero attached hydrogens (tertiary/aromatic N) is 1. The number of benzene rings is 1. The molecule has 0 radical (unpaired) electrons. The summed E-state index contributed by atoms with van der Waals surface area (Å²) in [6.07, 6.45) is 0. The van der Waals surface area contributed by atoms with Crippen molar-refractivity contribution in [3.63, 3.8) is 0 Å². The molecule has 0 bridgehead atoms. The van der Waals surface area contributed by atoms with Crippen molar-refractivity contribution in [2.75, 3.05) is 0 Å². The number of thiazole rings is 1. The average Bonchev–Trinajstić information content (AvgIpc) is 2.57. The third-order valence-electron chi connectivity index (χ3n) is 1.86. The molecular formula is C10H9FNPS. The third-order valence-corrected chi connectivity index (χ3v) is 3.31. The van der Waals surface area contributed by atoms with E-state index in [1.807, 2.05) is 12.3 Å². The molecule has 0 amide bonds. The van der Waals surface area contributed by atoms with Gasteiger partial charge in [-0.15, -0.1) is 20.6 Å². The number of hydrogen-bond donors (Lipinski definition) is 0. The molecule has 72 valence electrons. The van der Waals surface area contributed by atoms with Crippen LogP contribution in [0.1, 0.15) is 5.69 Å². The summed E-state index contributed by atoms with van der Waals surface area (Å²) in [5.74, 6) is -0.202. The Balaban J connectivity index is 2.47. The molecule has 1 atom stereocenters. The van der Waals surface area contributed by atoms with Gasteiger partial charge in [0, 0.05) is 21.9 Å². The molecule has 0 N–H and O–H groups in total. The van der Waals surface area contributed by atoms with Gasteiger partial charge in [-0.05, 0) is 25.1 Å². The van der Waals surface area contributed by atoms with Crippen LogP contribution in [0.5, 0.6) is 0 Å². The van der Waals surface area contributed by atoms with Crippen molar-refractivity contribution in [1.82, 2.24) is 4.98 Å². The maximum atomic E-state index is 13.0. The maximum absolute atomic E-state index is 13.0. The van der Waals surface area contributed by atoms with Crippen molar-refractivity contribution in [2.45, 2.75) is 6.92 Å². The van der Waals surface area contributed by atoms with Crippen molar-refractivity contribution >= 4 is 25.9 Å². The predicted molar refractivity (Wildman–Crippen MR) is 61.6 cm³/mol. The van der Waals surface area contributed by atoms with Gasteiger partial charge in [0.1, 0.15) is 10.8 Å². The summed E-state index contributed by atoms with van der Waals surface area (Å²) in [6.45, 7) is 1.95. The lowest BCUT2D eigenvalue weighted by molar-refractivity contribution is 0.637. The fourth-order valence-electron chi connectivity index (χ4n) is 1.16. The largest absolute Gasteiger partial charge is 0.241 e. The van der Waals surface area contributed by atoms with E-state index in [4.69, 9.17) is 0 Å². The van der Waals surface area contributed by atoms with Gasteiger partial charge in [0.05, 0.1) is 0 Å². The zero-order valence-corrected chi connectivity index (χ0v) is 9.59. The van der Waals surface area contributed by atoms with Crippen molar-refractivity contribution in [3.05, 3.63) is 35.1 Å². The molecule has 2 rings (SSSR count). The van der Waals surface area contributed by atoms with Gasteiger partial charge in [-0.3, -0.25) is 0 Å². The summed E-state index contributed by atoms with van der Waals surface area (Å²) in [5, 5.41) is 3.50. The predicted octanol–water partition coefficient (Wildman–Crippen LogP) is 2.76. The van der Waals surface area contributed by atoms with E-state index in [0.29, 0.717) is 5.30 Å². The van der Waals surface area contributed by atoms with Gasteiger partial charge < -0.3 is 0 Å². The first-order chi connectivity index (χ1) is 6.66. The second-order valence-corrected chi connectivity index (χ2v) is 4.51. The lowest BCUT2D eigenvalue weighted by atomic mass is 10.2. The smallest absolute Gasteiger partial charge is 0.130 e. The van der Waals surface area contributed by atoms with Crippen molar-refractivity contribution in [3.8, 4) is 10.6 Å². The highest BCUT2D eigenvalue weighted by molar-refractivity contribution is 7.27. The van der Waals surface area contributed by atoms with Gasteiger partial charge in [0.2, 0.25) is 0 Å². The van der Waals surface area contributed by atoms with Crippen LogP contribution in [-0.4, -0.2) is 4.98 Å². The minimum Gasteiger partial charge on any atom is -0.241 e. The first-order valence-electron chi connectivity index (χ1n) is 4.14. The van der Waals surface area contributed by atoms with Crippen LogP contribution < -0.4 is 5.30 Å². The summed E-state index contributed by atoms with van der Waals surface area (Å²) in [7, 11) is 2.38. The Morgan fingerprint density at radius 3 is 2.79 bits per heavy atom. The van der Waals surface area contributed by atoms with E-state index in [1.165, 1.54) is 6.07 Å². The molecule has 1 unspecified atom stereocenters. The molecule has 0 aliphatic rings. The van der Waals surface area contributed by atoms with Crippen molar-refractivity contribution in [2.24, 2.45) is 0 Å². The second-order valence-electron chi connectivity index (χ2n) is 3.03. The molecular weight excluding hydrogens is 216 g/mol. The summed E-state index contributed by atoms with van der Waals surface area (Å²) in [4.78, 5) is 4.34. The van der Waals surface area contributed by atoms with Crippen LogP contribution in [0.4, 0.5) is 4.39 Å². The van der Waals surface area contributed by atoms with Crippen LogP contribution in [0.2, 0.25) is 0 Å². The zero-order chi connectivity index (χ0) is 10.1. The highest BCUT2D eigenvalue weighted by Gasteiger charge is 2.04. The molecule has 0 spiro atoms. The molecule has 4 heteroatoms. The molecule has 14 heavy (non-hydrogen) atoms. The van der Waals surface area contributed by atoms with Crippen LogP contribution in [0.3, 0.4) is 0 Å². The SMILES string of the molecule is Cc1csc(-c2ccc(F)c(P)c2)n1. The molecule has 0 fully saturated rings. The van der Waals surface area contributed by atoms with Crippen molar-refractivity contribution in [1.29, 1.82) is 0 Å². The molecule has 0 aliphatic heterocycles. The fourth-order valence-corrected chi connectivity index (χ4v) is 2.23. The van der Waals surface area contributed by atoms with Gasteiger partial charge in [-0.1, -0.05) is 0 Å². The Labute approximate surface area is 88.2 Å². The molecule has 1 aromatic carbocycles. The van der Waals surface area contributed by atoms with Gasteiger partial charge in [0.25, 0.3) is 0 Å². The quantitative estimate of drug-likeness (QED) is 0.680. The summed E-state index contributed by atoms with van der Waals surface area (Å²) < 4.78 is 13.0.